The molecule has 0 heterocycles. The molecular weight excluding hydrogens is 285 g/mol. The normalized spacial score (nSPS) is 11.6. The van der Waals surface area contributed by atoms with E-state index in [-0.39, 0.29) is 0 Å². The topological polar surface area (TPSA) is 29.3 Å². The fraction of sp³-hybridized carbons (Fsp3) is 0.400. The van der Waals surface area contributed by atoms with E-state index >= 15 is 0 Å². The van der Waals surface area contributed by atoms with E-state index in [1.807, 2.05) is 0 Å². The Morgan fingerprint density at radius 2 is 1.94 bits per heavy atom. The van der Waals surface area contributed by atoms with E-state index in [4.69, 9.17) is 5.73 Å². The molecule has 0 aromatic heterocycles. The lowest BCUT2D eigenvalue weighted by molar-refractivity contribution is -0.119. The molecule has 1 rings (SSSR count). The van der Waals surface area contributed by atoms with Crippen LogP contribution in [0, 0.1) is 0 Å². The Morgan fingerprint density at radius 1 is 1.31 bits per heavy atom. The second-order valence-electron chi connectivity index (χ2n) is 3.49. The number of anilines is 1. The molecule has 0 saturated carbocycles. The first-order valence-corrected chi connectivity index (χ1v) is 5.38. The van der Waals surface area contributed by atoms with Crippen LogP contribution in [0.4, 0.5) is 18.9 Å². The fourth-order valence-corrected chi connectivity index (χ4v) is 1.86. The molecule has 0 aliphatic carbocycles. The molecule has 2 N–H and O–H groups in total. The summed E-state index contributed by atoms with van der Waals surface area (Å²) in [7, 11) is 1.40. The molecule has 0 aliphatic heterocycles. The minimum Gasteiger partial charge on any atom is -0.366 e. The maximum Gasteiger partial charge on any atom is 0.405 e. The average molecular weight is 297 g/mol. The van der Waals surface area contributed by atoms with E-state index in [1.165, 1.54) is 7.05 Å². The molecule has 0 spiro atoms. The van der Waals surface area contributed by atoms with Crippen molar-refractivity contribution in [1.82, 2.24) is 0 Å². The number of benzene rings is 1. The summed E-state index contributed by atoms with van der Waals surface area (Å²) in [5, 5.41) is 0. The molecule has 2 nitrogen and oxygen atoms in total. The summed E-state index contributed by atoms with van der Waals surface area (Å²) in [5.74, 6) is 0. The number of nitrogens with zero attached hydrogens (tertiary/aromatic N) is 1. The summed E-state index contributed by atoms with van der Waals surface area (Å²) in [6.45, 7) is -0.681. The standard InChI is InChI=1S/C10H12BrF3N2/c1-16(6-10(12,13)14)9-3-7(5-15)2-8(11)4-9/h2-4H,5-6,15H2,1H3. The van der Waals surface area contributed by atoms with Crippen LogP contribution in [0.2, 0.25) is 0 Å². The van der Waals surface area contributed by atoms with Gasteiger partial charge in [0.2, 0.25) is 0 Å². The summed E-state index contributed by atoms with van der Waals surface area (Å²) >= 11 is 3.24. The molecule has 0 radical (unpaired) electrons. The zero-order valence-corrected chi connectivity index (χ0v) is 10.3. The van der Waals surface area contributed by atoms with E-state index in [9.17, 15) is 13.2 Å². The van der Waals surface area contributed by atoms with Crippen LogP contribution >= 0.6 is 15.9 Å². The Balaban J connectivity index is 2.90. The molecule has 0 unspecified atom stereocenters. The van der Waals surface area contributed by atoms with Crippen LogP contribution in [0.3, 0.4) is 0 Å². The molecule has 0 fully saturated rings. The van der Waals surface area contributed by atoms with Crippen LogP contribution < -0.4 is 10.6 Å². The van der Waals surface area contributed by atoms with Gasteiger partial charge in [0.1, 0.15) is 6.54 Å². The maximum atomic E-state index is 12.2. The van der Waals surface area contributed by atoms with E-state index < -0.39 is 12.7 Å². The number of rotatable bonds is 3. The van der Waals surface area contributed by atoms with Gasteiger partial charge in [0, 0.05) is 23.8 Å². The highest BCUT2D eigenvalue weighted by Gasteiger charge is 2.29. The third-order valence-corrected chi connectivity index (χ3v) is 2.49. The SMILES string of the molecule is CN(CC(F)(F)F)c1cc(Br)cc(CN)c1. The molecule has 0 amide bonds. The molecule has 0 bridgehead atoms. The van der Waals surface area contributed by atoms with Gasteiger partial charge in [0.25, 0.3) is 0 Å². The van der Waals surface area contributed by atoms with Crippen LogP contribution in [0.15, 0.2) is 22.7 Å². The third-order valence-electron chi connectivity index (χ3n) is 2.04. The van der Waals surface area contributed by atoms with Crippen molar-refractivity contribution < 1.29 is 13.2 Å². The van der Waals surface area contributed by atoms with Crippen molar-refractivity contribution >= 4 is 21.6 Å². The summed E-state index contributed by atoms with van der Waals surface area (Å²) < 4.78 is 37.3. The molecule has 1 aromatic carbocycles. The summed E-state index contributed by atoms with van der Waals surface area (Å²) in [5.41, 5.74) is 6.74. The monoisotopic (exact) mass is 296 g/mol. The van der Waals surface area contributed by atoms with Gasteiger partial charge in [-0.05, 0) is 23.8 Å². The first-order chi connectivity index (χ1) is 7.31. The van der Waals surface area contributed by atoms with E-state index in [1.54, 1.807) is 18.2 Å². The number of hydrogen-bond acceptors (Lipinski definition) is 2. The van der Waals surface area contributed by atoms with Crippen molar-refractivity contribution in [3.05, 3.63) is 28.2 Å². The van der Waals surface area contributed by atoms with Crippen LogP contribution in [0.5, 0.6) is 0 Å². The molecular formula is C10H12BrF3N2. The Hall–Kier alpha value is -0.750. The van der Waals surface area contributed by atoms with Crippen molar-refractivity contribution in [3.8, 4) is 0 Å². The highest BCUT2D eigenvalue weighted by atomic mass is 79.9. The predicted molar refractivity (Wildman–Crippen MR) is 61.4 cm³/mol. The van der Waals surface area contributed by atoms with Gasteiger partial charge >= 0.3 is 6.18 Å². The van der Waals surface area contributed by atoms with Gasteiger partial charge in [-0.25, -0.2) is 0 Å². The first-order valence-electron chi connectivity index (χ1n) is 4.59. The quantitative estimate of drug-likeness (QED) is 0.929. The Kier molecular flexibility index (Phi) is 4.21. The number of halogens is 4. The van der Waals surface area contributed by atoms with Gasteiger partial charge in [0.05, 0.1) is 0 Å². The van der Waals surface area contributed by atoms with Gasteiger partial charge in [-0.2, -0.15) is 13.2 Å². The van der Waals surface area contributed by atoms with Gasteiger partial charge in [0.15, 0.2) is 0 Å². The second-order valence-corrected chi connectivity index (χ2v) is 4.41. The number of hydrogen-bond donors (Lipinski definition) is 1. The van der Waals surface area contributed by atoms with Crippen molar-refractivity contribution in [3.63, 3.8) is 0 Å². The Morgan fingerprint density at radius 3 is 2.44 bits per heavy atom. The van der Waals surface area contributed by atoms with Gasteiger partial charge in [-0.15, -0.1) is 0 Å². The van der Waals surface area contributed by atoms with Crippen molar-refractivity contribution in [1.29, 1.82) is 0 Å². The smallest absolute Gasteiger partial charge is 0.366 e. The number of alkyl halides is 3. The van der Waals surface area contributed by atoms with Crippen LogP contribution in [-0.2, 0) is 6.54 Å². The van der Waals surface area contributed by atoms with Crippen molar-refractivity contribution in [2.24, 2.45) is 5.73 Å². The van der Waals surface area contributed by atoms with Gasteiger partial charge in [-0.1, -0.05) is 15.9 Å². The molecule has 1 aromatic rings. The molecule has 90 valence electrons. The lowest BCUT2D eigenvalue weighted by atomic mass is 10.2. The van der Waals surface area contributed by atoms with Crippen LogP contribution in [0.25, 0.3) is 0 Å². The summed E-state index contributed by atoms with van der Waals surface area (Å²) in [6, 6.07) is 5.06. The van der Waals surface area contributed by atoms with Crippen molar-refractivity contribution in [2.75, 3.05) is 18.5 Å². The third kappa shape index (κ3) is 4.02. The predicted octanol–water partition coefficient (Wildman–Crippen LogP) is 2.91. The molecule has 0 saturated heterocycles. The summed E-state index contributed by atoms with van der Waals surface area (Å²) in [4.78, 5) is 1.14. The van der Waals surface area contributed by atoms with E-state index in [2.05, 4.69) is 15.9 Å². The minimum absolute atomic E-state index is 0.298. The Labute approximate surface area is 100 Å². The molecule has 0 aliphatic rings. The van der Waals surface area contributed by atoms with Crippen LogP contribution in [-0.4, -0.2) is 19.8 Å². The molecule has 6 heteroatoms. The average Bonchev–Trinajstić information content (AvgIpc) is 2.14. The summed E-state index contributed by atoms with van der Waals surface area (Å²) in [6.07, 6.45) is -4.21. The first kappa shape index (κ1) is 13.3. The van der Waals surface area contributed by atoms with Gasteiger partial charge in [-0.3, -0.25) is 0 Å². The maximum absolute atomic E-state index is 12.2. The van der Waals surface area contributed by atoms with Crippen molar-refractivity contribution in [2.45, 2.75) is 12.7 Å². The second kappa shape index (κ2) is 5.05. The van der Waals surface area contributed by atoms with E-state index in [0.29, 0.717) is 12.2 Å². The van der Waals surface area contributed by atoms with Crippen LogP contribution in [0.1, 0.15) is 5.56 Å². The molecule has 16 heavy (non-hydrogen) atoms. The lowest BCUT2D eigenvalue weighted by Crippen LogP contribution is -2.30. The highest BCUT2D eigenvalue weighted by Crippen LogP contribution is 2.25. The highest BCUT2D eigenvalue weighted by molar-refractivity contribution is 9.10. The largest absolute Gasteiger partial charge is 0.405 e. The van der Waals surface area contributed by atoms with Gasteiger partial charge < -0.3 is 10.6 Å². The minimum atomic E-state index is -4.21. The Bertz CT molecular complexity index is 366. The zero-order valence-electron chi connectivity index (χ0n) is 8.68. The van der Waals surface area contributed by atoms with E-state index in [0.717, 1.165) is 14.9 Å². The fourth-order valence-electron chi connectivity index (χ4n) is 1.33. The zero-order chi connectivity index (χ0) is 12.3. The number of nitrogens with two attached hydrogens (primary N) is 1. The lowest BCUT2D eigenvalue weighted by Gasteiger charge is -2.21. The molecule has 0 atom stereocenters.